The Balaban J connectivity index is 1.80. The topological polar surface area (TPSA) is 99.2 Å². The van der Waals surface area contributed by atoms with E-state index in [1.165, 1.54) is 6.33 Å². The second-order valence-corrected chi connectivity index (χ2v) is 7.17. The minimum atomic E-state index is -0.643. The molecule has 0 fully saturated rings. The number of anilines is 1. The van der Waals surface area contributed by atoms with Crippen LogP contribution in [-0.2, 0) is 17.9 Å². The maximum absolute atomic E-state index is 12.0. The summed E-state index contributed by atoms with van der Waals surface area (Å²) in [6, 6.07) is 14.0. The lowest BCUT2D eigenvalue weighted by Crippen LogP contribution is -2.21. The van der Waals surface area contributed by atoms with Crippen molar-refractivity contribution in [2.24, 2.45) is 5.73 Å². The highest BCUT2D eigenvalue weighted by molar-refractivity contribution is 6.00. The van der Waals surface area contributed by atoms with Crippen LogP contribution in [0.15, 0.2) is 48.8 Å². The largest absolute Gasteiger partial charge is 0.488 e. The maximum atomic E-state index is 12.0. The molecule has 156 valence electrons. The summed E-state index contributed by atoms with van der Waals surface area (Å²) in [5.74, 6) is 0.161. The van der Waals surface area contributed by atoms with Gasteiger partial charge in [-0.2, -0.15) is 0 Å². The minimum Gasteiger partial charge on any atom is -0.488 e. The predicted molar refractivity (Wildman–Crippen MR) is 115 cm³/mol. The second kappa shape index (κ2) is 9.26. The number of rotatable bonds is 8. The number of aromatic nitrogens is 2. The van der Waals surface area contributed by atoms with Gasteiger partial charge in [0.2, 0.25) is 5.91 Å². The number of aryl methyl sites for hydroxylation is 2. The minimum absolute atomic E-state index is 0.177. The molecule has 7 heteroatoms. The van der Waals surface area contributed by atoms with Crippen LogP contribution in [0, 0.1) is 13.8 Å². The van der Waals surface area contributed by atoms with Crippen LogP contribution in [0.5, 0.6) is 5.75 Å². The van der Waals surface area contributed by atoms with E-state index in [0.717, 1.165) is 28.0 Å². The third-order valence-corrected chi connectivity index (χ3v) is 4.75. The van der Waals surface area contributed by atoms with Crippen molar-refractivity contribution in [3.8, 4) is 5.75 Å². The number of primary amides is 1. The van der Waals surface area contributed by atoms with Crippen LogP contribution in [0.1, 0.15) is 46.1 Å². The van der Waals surface area contributed by atoms with E-state index in [-0.39, 0.29) is 23.8 Å². The lowest BCUT2D eigenvalue weighted by atomic mass is 10.1. The van der Waals surface area contributed by atoms with Gasteiger partial charge in [-0.1, -0.05) is 49.4 Å². The molecule has 1 aromatic heterocycles. The smallest absolute Gasteiger partial charge is 0.269 e. The first-order chi connectivity index (χ1) is 14.4. The Morgan fingerprint density at radius 2 is 1.77 bits per heavy atom. The molecular weight excluding hydrogens is 380 g/mol. The fraction of sp³-hybridized carbons (Fsp3) is 0.261. The Labute approximate surface area is 175 Å². The average Bonchev–Trinajstić information content (AvgIpc) is 3.10. The highest BCUT2D eigenvalue weighted by Crippen LogP contribution is 2.27. The van der Waals surface area contributed by atoms with Gasteiger partial charge in [-0.15, -0.1) is 0 Å². The van der Waals surface area contributed by atoms with Crippen molar-refractivity contribution in [2.75, 3.05) is 5.32 Å². The lowest BCUT2D eigenvalue weighted by Gasteiger charge is -2.15. The quantitative estimate of drug-likeness (QED) is 0.597. The summed E-state index contributed by atoms with van der Waals surface area (Å²) in [6.07, 6.45) is 1.80. The van der Waals surface area contributed by atoms with Crippen molar-refractivity contribution >= 4 is 17.6 Å². The molecule has 3 aromatic rings. The maximum Gasteiger partial charge on any atom is 0.269 e. The van der Waals surface area contributed by atoms with E-state index < -0.39 is 5.91 Å². The number of imidazole rings is 1. The Morgan fingerprint density at radius 1 is 1.10 bits per heavy atom. The first kappa shape index (κ1) is 21.1. The number of ether oxygens (including phenoxy) is 1. The number of nitrogens with two attached hydrogens (primary N) is 1. The number of hydrogen-bond donors (Lipinski definition) is 2. The normalized spacial score (nSPS) is 10.6. The molecule has 3 rings (SSSR count). The summed E-state index contributed by atoms with van der Waals surface area (Å²) >= 11 is 0. The highest BCUT2D eigenvalue weighted by Gasteiger charge is 2.18. The monoisotopic (exact) mass is 406 g/mol. The van der Waals surface area contributed by atoms with Crippen LogP contribution in [-0.4, -0.2) is 21.4 Å². The van der Waals surface area contributed by atoms with Gasteiger partial charge in [-0.05, 0) is 36.1 Å². The molecule has 0 aliphatic rings. The van der Waals surface area contributed by atoms with Crippen LogP contribution in [0.3, 0.4) is 0 Å². The fourth-order valence-electron chi connectivity index (χ4n) is 3.36. The second-order valence-electron chi connectivity index (χ2n) is 7.17. The van der Waals surface area contributed by atoms with E-state index in [4.69, 9.17) is 10.5 Å². The zero-order valence-electron chi connectivity index (χ0n) is 17.4. The number of nitrogens with zero attached hydrogens (tertiary/aromatic N) is 2. The fourth-order valence-corrected chi connectivity index (χ4v) is 3.36. The van der Waals surface area contributed by atoms with Crippen molar-refractivity contribution in [1.29, 1.82) is 0 Å². The zero-order valence-corrected chi connectivity index (χ0v) is 17.4. The summed E-state index contributed by atoms with van der Waals surface area (Å²) in [5.41, 5.74) is 9.80. The van der Waals surface area contributed by atoms with E-state index in [1.807, 2.05) is 56.3 Å². The van der Waals surface area contributed by atoms with Crippen molar-refractivity contribution in [3.63, 3.8) is 0 Å². The lowest BCUT2D eigenvalue weighted by molar-refractivity contribution is -0.115. The van der Waals surface area contributed by atoms with Gasteiger partial charge in [0.05, 0.1) is 6.33 Å². The van der Waals surface area contributed by atoms with Crippen molar-refractivity contribution in [3.05, 3.63) is 76.7 Å². The molecule has 2 amide bonds. The molecule has 7 nitrogen and oxygen atoms in total. The molecule has 0 aliphatic heterocycles. The molecule has 0 saturated heterocycles. The van der Waals surface area contributed by atoms with E-state index >= 15 is 0 Å². The first-order valence-electron chi connectivity index (χ1n) is 9.80. The SMILES string of the molecule is CCC(=O)Nc1ncn(Cc2cc(C)c(OCc3ccccc3)c(C)c2)c1C(N)=O. The molecule has 0 atom stereocenters. The zero-order chi connectivity index (χ0) is 21.7. The van der Waals surface area contributed by atoms with Crippen molar-refractivity contribution in [2.45, 2.75) is 40.3 Å². The van der Waals surface area contributed by atoms with Gasteiger partial charge in [0.1, 0.15) is 12.4 Å². The van der Waals surface area contributed by atoms with Gasteiger partial charge >= 0.3 is 0 Å². The number of carbonyl (C=O) groups is 2. The number of carbonyl (C=O) groups excluding carboxylic acids is 2. The third kappa shape index (κ3) is 4.86. The van der Waals surface area contributed by atoms with E-state index in [1.54, 1.807) is 11.5 Å². The standard InChI is InChI=1S/C23H26N4O3/c1-4-19(28)26-23-20(22(24)29)27(14-25-23)12-18-10-15(2)21(16(3)11-18)30-13-17-8-6-5-7-9-17/h5-11,14H,4,12-13H2,1-3H3,(H2,24,29)(H,26,28). The molecule has 2 aromatic carbocycles. The van der Waals surface area contributed by atoms with Crippen molar-refractivity contribution in [1.82, 2.24) is 9.55 Å². The summed E-state index contributed by atoms with van der Waals surface area (Å²) in [6.45, 7) is 6.60. The molecular formula is C23H26N4O3. The number of hydrogen-bond acceptors (Lipinski definition) is 4. The summed E-state index contributed by atoms with van der Waals surface area (Å²) in [7, 11) is 0. The molecule has 0 aliphatic carbocycles. The number of benzene rings is 2. The molecule has 0 unspecified atom stereocenters. The summed E-state index contributed by atoms with van der Waals surface area (Å²) in [5, 5.41) is 2.62. The Morgan fingerprint density at radius 3 is 2.37 bits per heavy atom. The molecule has 0 saturated carbocycles. The highest BCUT2D eigenvalue weighted by atomic mass is 16.5. The van der Waals surface area contributed by atoms with Gasteiger partial charge < -0.3 is 20.4 Å². The molecule has 0 spiro atoms. The van der Waals surface area contributed by atoms with Crippen LogP contribution in [0.2, 0.25) is 0 Å². The average molecular weight is 406 g/mol. The van der Waals surface area contributed by atoms with Crippen LogP contribution in [0.25, 0.3) is 0 Å². The Hall–Kier alpha value is -3.61. The van der Waals surface area contributed by atoms with Crippen LogP contribution in [0.4, 0.5) is 5.82 Å². The predicted octanol–water partition coefficient (Wildman–Crippen LogP) is 3.57. The van der Waals surface area contributed by atoms with Crippen molar-refractivity contribution < 1.29 is 14.3 Å². The van der Waals surface area contributed by atoms with E-state index in [2.05, 4.69) is 10.3 Å². The molecule has 3 N–H and O–H groups in total. The van der Waals surface area contributed by atoms with Gasteiger partial charge in [-0.3, -0.25) is 9.59 Å². The van der Waals surface area contributed by atoms with Gasteiger partial charge in [0, 0.05) is 13.0 Å². The molecule has 1 heterocycles. The van der Waals surface area contributed by atoms with Gasteiger partial charge in [-0.25, -0.2) is 4.98 Å². The molecule has 30 heavy (non-hydrogen) atoms. The third-order valence-electron chi connectivity index (χ3n) is 4.75. The van der Waals surface area contributed by atoms with Gasteiger partial charge in [0.25, 0.3) is 5.91 Å². The molecule has 0 radical (unpaired) electrons. The van der Waals surface area contributed by atoms with E-state index in [0.29, 0.717) is 13.2 Å². The number of nitrogens with one attached hydrogen (secondary N) is 1. The Kier molecular flexibility index (Phi) is 6.51. The van der Waals surface area contributed by atoms with Crippen LogP contribution < -0.4 is 15.8 Å². The van der Waals surface area contributed by atoms with Gasteiger partial charge in [0.15, 0.2) is 11.5 Å². The first-order valence-corrected chi connectivity index (χ1v) is 9.80. The van der Waals surface area contributed by atoms with Crippen LogP contribution >= 0.6 is 0 Å². The number of amides is 2. The summed E-state index contributed by atoms with van der Waals surface area (Å²) < 4.78 is 7.69. The summed E-state index contributed by atoms with van der Waals surface area (Å²) in [4.78, 5) is 27.8. The van der Waals surface area contributed by atoms with E-state index in [9.17, 15) is 9.59 Å². The molecule has 0 bridgehead atoms. The Bertz CT molecular complexity index is 1030.